The number of hydrogen-bond donors (Lipinski definition) is 19. The van der Waals surface area contributed by atoms with Gasteiger partial charge in [0.25, 0.3) is 0 Å². The van der Waals surface area contributed by atoms with E-state index in [1.54, 1.807) is 44.2 Å². The van der Waals surface area contributed by atoms with Crippen LogP contribution in [0.2, 0.25) is 0 Å². The van der Waals surface area contributed by atoms with E-state index >= 15 is 0 Å². The van der Waals surface area contributed by atoms with Gasteiger partial charge in [0.05, 0.1) is 12.2 Å². The fourth-order valence-electron chi connectivity index (χ4n) is 9.12. The molecular weight excluding hydrogens is 1220 g/mol. The standard InChI is InChI=1S/C56H98N16O13.C2HF3O2/c1-7-32(4)13-11-12-16-44(75)63-36(17-23-57)51(80)72-46(34(6)74)56(85)68-39(20-26-60)48(77)67-41-22-28-62-55(84)45(33(5)73)71-52(81)40(21-27-61)65-47(76)37(18-24-58)66-53(82)42(29-31(2)3)69-54(83)43(30-35-14-9-8-10-15-35)70-49(78)38(19-25-59)64-50(41)79;3-2(4,5)1(6)7/h8-10,14-15,31-34,36-43,45-46,73-74H,7,11-13,16-30,57-61H2,1-6H3,(H,62,84)(H,63,75)(H,64,79)(H,65,76)(H,66,82)(H,67,77)(H,68,85)(H,69,83)(H,70,78)(H,71,81)(H,72,80);(H,6,7)/t32-,33+,34+,36-,37-,38-,39-,40-,41-,42-,43+,45-,46-;/m0./s1. The number of aliphatic hydroxyl groups excluding tert-OH is 2. The highest BCUT2D eigenvalue weighted by atomic mass is 19.4. The topological polar surface area (TPSA) is 528 Å². The van der Waals surface area contributed by atoms with Crippen LogP contribution in [0.15, 0.2) is 30.3 Å². The van der Waals surface area contributed by atoms with Crippen LogP contribution in [0.1, 0.15) is 124 Å². The second-order valence-electron chi connectivity index (χ2n) is 22.8. The van der Waals surface area contributed by atoms with Gasteiger partial charge in [-0.05, 0) is 115 Å². The molecule has 1 fully saturated rings. The number of alkyl halides is 3. The quantitative estimate of drug-likeness (QED) is 0.0336. The van der Waals surface area contributed by atoms with E-state index in [4.69, 9.17) is 38.6 Å². The van der Waals surface area contributed by atoms with Crippen molar-refractivity contribution < 1.29 is 86.0 Å². The van der Waals surface area contributed by atoms with Crippen LogP contribution < -0.4 is 87.2 Å². The monoisotopic (exact) mass is 1320 g/mol. The van der Waals surface area contributed by atoms with E-state index in [1.807, 2.05) is 0 Å². The van der Waals surface area contributed by atoms with E-state index in [0.717, 1.165) is 19.3 Å². The Morgan fingerprint density at radius 1 is 0.587 bits per heavy atom. The third-order valence-electron chi connectivity index (χ3n) is 14.5. The average Bonchev–Trinajstić information content (AvgIpc) is 1.02. The number of carbonyl (C=O) groups excluding carboxylic acids is 11. The van der Waals surface area contributed by atoms with Crippen LogP contribution in [-0.4, -0.2) is 204 Å². The lowest BCUT2D eigenvalue weighted by Gasteiger charge is -2.29. The summed E-state index contributed by atoms with van der Waals surface area (Å²) in [5.41, 5.74) is 29.9. The van der Waals surface area contributed by atoms with Crippen LogP contribution in [0.25, 0.3) is 0 Å². The highest BCUT2D eigenvalue weighted by Gasteiger charge is 2.39. The molecule has 2 rings (SSSR count). The Morgan fingerprint density at radius 2 is 1.05 bits per heavy atom. The zero-order valence-electron chi connectivity index (χ0n) is 53.2. The van der Waals surface area contributed by atoms with Crippen molar-refractivity contribution >= 4 is 70.9 Å². The van der Waals surface area contributed by atoms with E-state index in [-0.39, 0.29) is 90.0 Å². The van der Waals surface area contributed by atoms with Crippen molar-refractivity contribution in [1.82, 2.24) is 58.5 Å². The average molecular weight is 1320 g/mol. The van der Waals surface area contributed by atoms with Gasteiger partial charge in [-0.2, -0.15) is 13.2 Å². The van der Waals surface area contributed by atoms with Crippen molar-refractivity contribution in [2.75, 3.05) is 39.3 Å². The molecule has 0 spiro atoms. The van der Waals surface area contributed by atoms with Crippen molar-refractivity contribution in [3.05, 3.63) is 35.9 Å². The largest absolute Gasteiger partial charge is 0.490 e. The molecule has 24 N–H and O–H groups in total. The van der Waals surface area contributed by atoms with E-state index in [9.17, 15) is 76.1 Å². The van der Waals surface area contributed by atoms with E-state index in [2.05, 4.69) is 72.3 Å². The molecule has 92 heavy (non-hydrogen) atoms. The molecule has 0 radical (unpaired) electrons. The van der Waals surface area contributed by atoms with Crippen molar-refractivity contribution in [1.29, 1.82) is 0 Å². The minimum absolute atomic E-state index is 0.0173. The summed E-state index contributed by atoms with van der Waals surface area (Å²) < 4.78 is 31.7. The molecule has 0 aromatic heterocycles. The molecule has 522 valence electrons. The highest BCUT2D eigenvalue weighted by molar-refractivity contribution is 5.99. The lowest BCUT2D eigenvalue weighted by atomic mass is 10.00. The second kappa shape index (κ2) is 43.2. The van der Waals surface area contributed by atoms with Crippen LogP contribution >= 0.6 is 0 Å². The summed E-state index contributed by atoms with van der Waals surface area (Å²) in [5, 5.41) is 56.8. The summed E-state index contributed by atoms with van der Waals surface area (Å²) in [7, 11) is 0. The molecule has 0 unspecified atom stereocenters. The number of carbonyl (C=O) groups is 12. The van der Waals surface area contributed by atoms with Gasteiger partial charge in [-0.25, -0.2) is 4.79 Å². The number of hydrogen-bond acceptors (Lipinski definition) is 19. The molecule has 11 amide bonds. The Balaban J connectivity index is 0.00000568. The van der Waals surface area contributed by atoms with Gasteiger partial charge >= 0.3 is 12.1 Å². The first kappa shape index (κ1) is 82.4. The van der Waals surface area contributed by atoms with E-state index in [0.29, 0.717) is 17.9 Å². The van der Waals surface area contributed by atoms with Gasteiger partial charge in [0, 0.05) is 19.4 Å². The molecule has 31 nitrogen and oxygen atoms in total. The molecule has 1 saturated heterocycles. The van der Waals surface area contributed by atoms with Gasteiger partial charge in [0.15, 0.2) is 0 Å². The molecule has 1 aliphatic rings. The molecular formula is C58H99F3N16O15. The van der Waals surface area contributed by atoms with E-state index < -0.39 is 163 Å². The summed E-state index contributed by atoms with van der Waals surface area (Å²) in [4.78, 5) is 163. The van der Waals surface area contributed by atoms with Crippen molar-refractivity contribution in [3.63, 3.8) is 0 Å². The molecule has 1 aromatic carbocycles. The molecule has 13 atom stereocenters. The third-order valence-corrected chi connectivity index (χ3v) is 14.5. The van der Waals surface area contributed by atoms with Gasteiger partial charge in [-0.1, -0.05) is 77.3 Å². The van der Waals surface area contributed by atoms with Gasteiger partial charge < -0.3 is 102 Å². The maximum absolute atomic E-state index is 14.5. The third kappa shape index (κ3) is 31.1. The van der Waals surface area contributed by atoms with Crippen molar-refractivity contribution in [3.8, 4) is 0 Å². The van der Waals surface area contributed by atoms with Gasteiger partial charge in [-0.15, -0.1) is 0 Å². The van der Waals surface area contributed by atoms with Gasteiger partial charge in [0.1, 0.15) is 60.4 Å². The number of carboxylic acid groups (broad SMARTS) is 1. The van der Waals surface area contributed by atoms with Crippen LogP contribution in [0.3, 0.4) is 0 Å². The predicted molar refractivity (Wildman–Crippen MR) is 330 cm³/mol. The number of aliphatic carboxylic acids is 1. The minimum Gasteiger partial charge on any atom is -0.475 e. The Bertz CT molecular complexity index is 2540. The number of nitrogens with two attached hydrogens (primary N) is 5. The lowest BCUT2D eigenvalue weighted by molar-refractivity contribution is -0.192. The fraction of sp³-hybridized carbons (Fsp3) is 0.690. The van der Waals surface area contributed by atoms with Crippen LogP contribution in [0.4, 0.5) is 13.2 Å². The first-order valence-corrected chi connectivity index (χ1v) is 30.8. The van der Waals surface area contributed by atoms with Crippen LogP contribution in [0, 0.1) is 11.8 Å². The molecule has 0 aliphatic carbocycles. The molecule has 1 aromatic rings. The summed E-state index contributed by atoms with van der Waals surface area (Å²) >= 11 is 0. The minimum atomic E-state index is -5.08. The number of rotatable bonds is 29. The SMILES string of the molecule is CC[C@H](C)CCCCC(=O)N[C@@H](CCN)C(=O)N[C@H](C(=O)N[C@@H](CCN)C(=O)N[C@H]1CCNC(=O)[C@H]([C@@H](C)O)NC(=O)[C@H](CCN)NC(=O)[C@H](CCN)NC(=O)[C@H](CC(C)C)NC(=O)[C@@H](Cc2ccccc2)NC(=O)[C@H](CCN)NC1=O)[C@@H](C)O.O=C(O)C(F)(F)F. The normalized spacial score (nSPS) is 22.0. The highest BCUT2D eigenvalue weighted by Crippen LogP contribution is 2.15. The zero-order valence-corrected chi connectivity index (χ0v) is 53.2. The van der Waals surface area contributed by atoms with Crippen molar-refractivity contribution in [2.24, 2.45) is 40.5 Å². The lowest BCUT2D eigenvalue weighted by Crippen LogP contribution is -2.62. The Hall–Kier alpha value is -7.63. The number of aliphatic hydroxyl groups is 2. The smallest absolute Gasteiger partial charge is 0.475 e. The number of carboxylic acids is 1. The second-order valence-corrected chi connectivity index (χ2v) is 22.8. The maximum atomic E-state index is 14.5. The first-order chi connectivity index (χ1) is 43.3. The number of nitrogens with one attached hydrogen (secondary N) is 11. The molecule has 1 heterocycles. The number of benzene rings is 1. The fourth-order valence-corrected chi connectivity index (χ4v) is 9.12. The number of unbranched alkanes of at least 4 members (excludes halogenated alkanes) is 1. The predicted octanol–water partition coefficient (Wildman–Crippen LogP) is -4.61. The summed E-state index contributed by atoms with van der Waals surface area (Å²) in [5.74, 6) is -12.2. The van der Waals surface area contributed by atoms with Gasteiger partial charge in [-0.3, -0.25) is 52.7 Å². The first-order valence-electron chi connectivity index (χ1n) is 30.8. The Morgan fingerprint density at radius 3 is 1.52 bits per heavy atom. The van der Waals surface area contributed by atoms with E-state index in [1.165, 1.54) is 13.8 Å². The summed E-state index contributed by atoms with van der Waals surface area (Å²) in [6.45, 7) is 9.00. The molecule has 1 aliphatic heterocycles. The maximum Gasteiger partial charge on any atom is 0.490 e. The number of amides is 11. The van der Waals surface area contributed by atoms with Crippen molar-refractivity contribution in [2.45, 2.75) is 204 Å². The van der Waals surface area contributed by atoms with Crippen LogP contribution in [0.5, 0.6) is 0 Å². The molecule has 0 saturated carbocycles. The summed E-state index contributed by atoms with van der Waals surface area (Å²) in [6, 6.07) is -6.23. The van der Waals surface area contributed by atoms with Gasteiger partial charge in [0.2, 0.25) is 65.0 Å². The Labute approximate surface area is 533 Å². The summed E-state index contributed by atoms with van der Waals surface area (Å²) in [6.07, 6.45) is -6.14. The number of halogens is 3. The zero-order chi connectivity index (χ0) is 69.8. The molecule has 34 heteroatoms. The Kier molecular flexibility index (Phi) is 38.7. The molecule has 0 bridgehead atoms. The van der Waals surface area contributed by atoms with Crippen LogP contribution in [-0.2, 0) is 64.0 Å².